The Morgan fingerprint density at radius 3 is 2.22 bits per heavy atom. The Labute approximate surface area is 107 Å². The smallest absolute Gasteiger partial charge is 0.189 e. The van der Waals surface area contributed by atoms with E-state index >= 15 is 0 Å². The molecule has 0 aliphatic rings. The lowest BCUT2D eigenvalue weighted by Crippen LogP contribution is -1.94. The molecule has 0 aliphatic carbocycles. The molecule has 4 heteroatoms. The maximum atomic E-state index is 13.2. The average molecular weight is 266 g/mol. The summed E-state index contributed by atoms with van der Waals surface area (Å²) in [7, 11) is 0. The largest absolute Gasteiger partial charge is 0.243 e. The summed E-state index contributed by atoms with van der Waals surface area (Å²) in [6.45, 7) is 5.58. The average Bonchev–Trinajstić information content (AvgIpc) is 2.32. The maximum Gasteiger partial charge on any atom is 0.189 e. The second-order valence-electron chi connectivity index (χ2n) is 4.80. The van der Waals surface area contributed by atoms with E-state index in [4.69, 9.17) is 0 Å². The molecule has 0 saturated carbocycles. The normalized spacial score (nSPS) is 15.9. The Morgan fingerprint density at radius 2 is 1.72 bits per heavy atom. The Kier molecular flexibility index (Phi) is 8.77. The molecule has 18 heavy (non-hydrogen) atoms. The molecule has 0 rings (SSSR count). The van der Waals surface area contributed by atoms with Gasteiger partial charge in [-0.2, -0.15) is 0 Å². The molecule has 0 amide bonds. The summed E-state index contributed by atoms with van der Waals surface area (Å²) in [6.07, 6.45) is 0.963. The third-order valence-corrected chi connectivity index (χ3v) is 2.59. The van der Waals surface area contributed by atoms with Crippen molar-refractivity contribution < 1.29 is 17.6 Å². The van der Waals surface area contributed by atoms with Gasteiger partial charge < -0.3 is 0 Å². The van der Waals surface area contributed by atoms with Crippen LogP contribution >= 0.6 is 0 Å². The predicted molar refractivity (Wildman–Crippen MR) is 66.9 cm³/mol. The number of halogens is 4. The molecular weight excluding hydrogens is 244 g/mol. The Bertz CT molecular complexity index is 292. The van der Waals surface area contributed by atoms with Crippen molar-refractivity contribution in [2.24, 2.45) is 5.92 Å². The lowest BCUT2D eigenvalue weighted by molar-refractivity contribution is 0.378. The molecule has 0 heterocycles. The first-order chi connectivity index (χ1) is 8.38. The minimum Gasteiger partial charge on any atom is -0.243 e. The second-order valence-corrected chi connectivity index (χ2v) is 4.80. The second kappa shape index (κ2) is 9.17. The van der Waals surface area contributed by atoms with Crippen LogP contribution in [0.5, 0.6) is 0 Å². The van der Waals surface area contributed by atoms with Gasteiger partial charge in [-0.3, -0.25) is 0 Å². The molecule has 0 radical (unpaired) electrons. The van der Waals surface area contributed by atoms with Crippen LogP contribution in [0.2, 0.25) is 0 Å². The predicted octanol–water partition coefficient (Wildman–Crippen LogP) is 5.95. The topological polar surface area (TPSA) is 0 Å². The molecule has 0 saturated heterocycles. The number of hydrogen-bond donors (Lipinski definition) is 0. The van der Waals surface area contributed by atoms with Gasteiger partial charge in [-0.1, -0.05) is 33.6 Å². The maximum absolute atomic E-state index is 13.2. The van der Waals surface area contributed by atoms with Gasteiger partial charge in [-0.25, -0.2) is 17.6 Å². The molecule has 0 N–H and O–H groups in total. The van der Waals surface area contributed by atoms with Crippen molar-refractivity contribution in [2.75, 3.05) is 0 Å². The summed E-state index contributed by atoms with van der Waals surface area (Å²) in [5.74, 6) is -3.62. The van der Waals surface area contributed by atoms with Gasteiger partial charge in [0.25, 0.3) is 0 Å². The number of alkyl halides is 1. The molecule has 1 atom stereocenters. The molecule has 0 spiro atoms. The van der Waals surface area contributed by atoms with E-state index in [0.29, 0.717) is 18.4 Å². The summed E-state index contributed by atoms with van der Waals surface area (Å²) in [5.41, 5.74) is 0. The minimum absolute atomic E-state index is 0.0384. The van der Waals surface area contributed by atoms with Gasteiger partial charge in [0.1, 0.15) is 12.0 Å². The summed E-state index contributed by atoms with van der Waals surface area (Å²) in [5, 5.41) is 0. The van der Waals surface area contributed by atoms with Gasteiger partial charge in [0.2, 0.25) is 0 Å². The fourth-order valence-electron chi connectivity index (χ4n) is 1.42. The van der Waals surface area contributed by atoms with Gasteiger partial charge in [0, 0.05) is 6.42 Å². The summed E-state index contributed by atoms with van der Waals surface area (Å²) in [6, 6.07) is 0. The zero-order valence-corrected chi connectivity index (χ0v) is 11.3. The highest BCUT2D eigenvalue weighted by Gasteiger charge is 2.13. The standard InChI is InChI=1S/C14H22F4/c1-4-11(15)9-13(17)14(18)12(16)8-6-5-7-10(2)3/h9-11H,4-8H2,1-3H3/b13-9?,14-12-. The van der Waals surface area contributed by atoms with Crippen molar-refractivity contribution in [3.05, 3.63) is 23.6 Å². The lowest BCUT2D eigenvalue weighted by atomic mass is 10.0. The first-order valence-corrected chi connectivity index (χ1v) is 6.44. The van der Waals surface area contributed by atoms with Crippen LogP contribution in [0, 0.1) is 5.92 Å². The van der Waals surface area contributed by atoms with Crippen LogP contribution in [0.1, 0.15) is 52.9 Å². The SMILES string of the molecule is CCC(F)C=C(F)/C(F)=C(/F)CCCCC(C)C. The van der Waals surface area contributed by atoms with Crippen molar-refractivity contribution in [1.29, 1.82) is 0 Å². The Balaban J connectivity index is 4.29. The molecule has 106 valence electrons. The van der Waals surface area contributed by atoms with Crippen LogP contribution in [0.3, 0.4) is 0 Å². The molecular formula is C14H22F4. The molecule has 0 bridgehead atoms. The third-order valence-electron chi connectivity index (χ3n) is 2.59. The van der Waals surface area contributed by atoms with E-state index in [1.165, 1.54) is 6.92 Å². The molecule has 0 fully saturated rings. The van der Waals surface area contributed by atoms with Crippen LogP contribution in [0.15, 0.2) is 23.6 Å². The Morgan fingerprint density at radius 1 is 1.11 bits per heavy atom. The molecule has 1 unspecified atom stereocenters. The van der Waals surface area contributed by atoms with Gasteiger partial charge in [-0.15, -0.1) is 0 Å². The van der Waals surface area contributed by atoms with Crippen LogP contribution in [0.4, 0.5) is 17.6 Å². The molecule has 0 aromatic carbocycles. The van der Waals surface area contributed by atoms with Crippen molar-refractivity contribution in [3.63, 3.8) is 0 Å². The van der Waals surface area contributed by atoms with E-state index in [-0.39, 0.29) is 12.8 Å². The van der Waals surface area contributed by atoms with Gasteiger partial charge in [0.05, 0.1) is 0 Å². The van der Waals surface area contributed by atoms with Crippen molar-refractivity contribution in [1.82, 2.24) is 0 Å². The zero-order chi connectivity index (χ0) is 14.1. The summed E-state index contributed by atoms with van der Waals surface area (Å²) < 4.78 is 52.2. The number of hydrogen-bond acceptors (Lipinski definition) is 0. The van der Waals surface area contributed by atoms with E-state index < -0.39 is 23.7 Å². The minimum atomic E-state index is -1.58. The molecule has 0 aromatic rings. The Hall–Kier alpha value is -0.800. The van der Waals surface area contributed by atoms with Crippen LogP contribution in [0.25, 0.3) is 0 Å². The van der Waals surface area contributed by atoms with Crippen molar-refractivity contribution >= 4 is 0 Å². The van der Waals surface area contributed by atoms with Crippen LogP contribution in [-0.2, 0) is 0 Å². The molecule has 0 aliphatic heterocycles. The van der Waals surface area contributed by atoms with Gasteiger partial charge >= 0.3 is 0 Å². The highest BCUT2D eigenvalue weighted by atomic mass is 19.2. The third kappa shape index (κ3) is 7.51. The lowest BCUT2D eigenvalue weighted by Gasteiger charge is -2.04. The summed E-state index contributed by atoms with van der Waals surface area (Å²) in [4.78, 5) is 0. The first kappa shape index (κ1) is 17.2. The monoisotopic (exact) mass is 266 g/mol. The number of allylic oxidation sites excluding steroid dienone is 4. The van der Waals surface area contributed by atoms with E-state index in [1.54, 1.807) is 0 Å². The zero-order valence-electron chi connectivity index (χ0n) is 11.3. The van der Waals surface area contributed by atoms with Gasteiger partial charge in [0.15, 0.2) is 11.7 Å². The van der Waals surface area contributed by atoms with E-state index in [0.717, 1.165) is 12.8 Å². The van der Waals surface area contributed by atoms with Crippen LogP contribution < -0.4 is 0 Å². The molecule has 0 aromatic heterocycles. The number of rotatable bonds is 8. The van der Waals surface area contributed by atoms with Crippen molar-refractivity contribution in [2.45, 2.75) is 59.0 Å². The van der Waals surface area contributed by atoms with Gasteiger partial charge in [-0.05, 0) is 24.8 Å². The first-order valence-electron chi connectivity index (χ1n) is 6.44. The van der Waals surface area contributed by atoms with E-state index in [1.807, 2.05) is 13.8 Å². The van der Waals surface area contributed by atoms with E-state index in [2.05, 4.69) is 0 Å². The summed E-state index contributed by atoms with van der Waals surface area (Å²) >= 11 is 0. The number of unbranched alkanes of at least 4 members (excludes halogenated alkanes) is 1. The van der Waals surface area contributed by atoms with E-state index in [9.17, 15) is 17.6 Å². The molecule has 0 nitrogen and oxygen atoms in total. The highest BCUT2D eigenvalue weighted by Crippen LogP contribution is 2.24. The fraction of sp³-hybridized carbons (Fsp3) is 0.714. The van der Waals surface area contributed by atoms with Crippen LogP contribution in [-0.4, -0.2) is 6.17 Å². The quantitative estimate of drug-likeness (QED) is 0.289. The fourth-order valence-corrected chi connectivity index (χ4v) is 1.42. The highest BCUT2D eigenvalue weighted by molar-refractivity contribution is 5.22. The van der Waals surface area contributed by atoms with Crippen molar-refractivity contribution in [3.8, 4) is 0 Å².